The Balaban J connectivity index is 1.72. The zero-order valence-corrected chi connectivity index (χ0v) is 12.9. The molecule has 1 aromatic rings. The predicted octanol–water partition coefficient (Wildman–Crippen LogP) is 2.30. The van der Waals surface area contributed by atoms with E-state index in [0.29, 0.717) is 12.6 Å². The highest BCUT2D eigenvalue weighted by atomic mass is 16.5. The van der Waals surface area contributed by atoms with E-state index >= 15 is 0 Å². The summed E-state index contributed by atoms with van der Waals surface area (Å²) in [5.41, 5.74) is 3.70. The van der Waals surface area contributed by atoms with Crippen LogP contribution in [0.25, 0.3) is 0 Å². The summed E-state index contributed by atoms with van der Waals surface area (Å²) in [4.78, 5) is 14.1. The molecule has 0 bridgehead atoms. The molecule has 0 radical (unpaired) electrons. The molecule has 0 saturated carbocycles. The maximum Gasteiger partial charge on any atom is 0.238 e. The maximum absolute atomic E-state index is 12.2. The van der Waals surface area contributed by atoms with Gasteiger partial charge in [0.25, 0.3) is 0 Å². The van der Waals surface area contributed by atoms with Crippen LogP contribution in [0.1, 0.15) is 42.1 Å². The number of hydrogen-bond donors (Lipinski definition) is 1. The smallest absolute Gasteiger partial charge is 0.238 e. The molecule has 1 amide bonds. The topological polar surface area (TPSA) is 41.6 Å². The lowest BCUT2D eigenvalue weighted by atomic mass is 10.0. The van der Waals surface area contributed by atoms with Crippen molar-refractivity contribution < 1.29 is 9.53 Å². The van der Waals surface area contributed by atoms with Gasteiger partial charge in [0.2, 0.25) is 5.91 Å². The number of nitrogens with one attached hydrogen (secondary N) is 1. The number of carbonyl (C=O) groups excluding carboxylic acids is 1. The van der Waals surface area contributed by atoms with Crippen molar-refractivity contribution in [3.8, 4) is 0 Å². The molecule has 1 aromatic carbocycles. The van der Waals surface area contributed by atoms with E-state index in [2.05, 4.69) is 37.4 Å². The second kappa shape index (κ2) is 6.16. The molecule has 21 heavy (non-hydrogen) atoms. The first-order valence-electron chi connectivity index (χ1n) is 7.87. The second-order valence-electron chi connectivity index (χ2n) is 6.15. The highest BCUT2D eigenvalue weighted by Gasteiger charge is 2.32. The van der Waals surface area contributed by atoms with Gasteiger partial charge in [0, 0.05) is 13.2 Å². The zero-order valence-electron chi connectivity index (χ0n) is 12.9. The molecule has 2 aliphatic heterocycles. The third-order valence-electron chi connectivity index (χ3n) is 4.51. The van der Waals surface area contributed by atoms with Crippen LogP contribution in [0.15, 0.2) is 18.2 Å². The molecule has 4 heteroatoms. The predicted molar refractivity (Wildman–Crippen MR) is 82.0 cm³/mol. The van der Waals surface area contributed by atoms with Gasteiger partial charge in [-0.2, -0.15) is 0 Å². The Morgan fingerprint density at radius 3 is 2.95 bits per heavy atom. The van der Waals surface area contributed by atoms with Crippen LogP contribution < -0.4 is 5.32 Å². The summed E-state index contributed by atoms with van der Waals surface area (Å²) in [5, 5.41) is 3.34. The normalized spacial score (nSPS) is 25.8. The van der Waals surface area contributed by atoms with Crippen molar-refractivity contribution in [3.05, 3.63) is 34.9 Å². The quantitative estimate of drug-likeness (QED) is 0.924. The SMILES string of the molecule is Cc1ccc(C2NCC(=O)N2CCC2CCCO2)c(C)c1. The molecule has 4 nitrogen and oxygen atoms in total. The van der Waals surface area contributed by atoms with Crippen LogP contribution in [0.4, 0.5) is 0 Å². The van der Waals surface area contributed by atoms with Gasteiger partial charge in [-0.15, -0.1) is 0 Å². The summed E-state index contributed by atoms with van der Waals surface area (Å²) in [7, 11) is 0. The van der Waals surface area contributed by atoms with Crippen LogP contribution >= 0.6 is 0 Å². The van der Waals surface area contributed by atoms with E-state index in [1.54, 1.807) is 0 Å². The molecular weight excluding hydrogens is 264 g/mol. The third kappa shape index (κ3) is 3.11. The average Bonchev–Trinajstić information content (AvgIpc) is 3.07. The van der Waals surface area contributed by atoms with Crippen molar-refractivity contribution >= 4 is 5.91 Å². The monoisotopic (exact) mass is 288 g/mol. The first-order chi connectivity index (χ1) is 10.1. The Morgan fingerprint density at radius 1 is 1.38 bits per heavy atom. The van der Waals surface area contributed by atoms with Gasteiger partial charge < -0.3 is 9.64 Å². The number of amides is 1. The summed E-state index contributed by atoms with van der Waals surface area (Å²) < 4.78 is 5.67. The molecule has 2 heterocycles. The summed E-state index contributed by atoms with van der Waals surface area (Å²) in [6.45, 7) is 6.29. The largest absolute Gasteiger partial charge is 0.378 e. The van der Waals surface area contributed by atoms with Crippen molar-refractivity contribution in [2.24, 2.45) is 0 Å². The van der Waals surface area contributed by atoms with Crippen molar-refractivity contribution in [2.75, 3.05) is 19.7 Å². The fraction of sp³-hybridized carbons (Fsp3) is 0.588. The summed E-state index contributed by atoms with van der Waals surface area (Å²) >= 11 is 0. The van der Waals surface area contributed by atoms with E-state index in [9.17, 15) is 4.79 Å². The van der Waals surface area contributed by atoms with Crippen LogP contribution in [0.3, 0.4) is 0 Å². The van der Waals surface area contributed by atoms with Gasteiger partial charge in [0.1, 0.15) is 6.17 Å². The summed E-state index contributed by atoms with van der Waals surface area (Å²) in [6.07, 6.45) is 3.56. The number of aryl methyl sites for hydroxylation is 2. The average molecular weight is 288 g/mol. The van der Waals surface area contributed by atoms with Gasteiger partial charge in [0.05, 0.1) is 12.6 Å². The van der Waals surface area contributed by atoms with Crippen LogP contribution in [0.5, 0.6) is 0 Å². The molecule has 0 aliphatic carbocycles. The minimum absolute atomic E-state index is 0.0134. The molecule has 2 atom stereocenters. The first kappa shape index (κ1) is 14.5. The minimum Gasteiger partial charge on any atom is -0.378 e. The molecule has 2 saturated heterocycles. The number of hydrogen-bond acceptors (Lipinski definition) is 3. The van der Waals surface area contributed by atoms with Gasteiger partial charge in [0.15, 0.2) is 0 Å². The van der Waals surface area contributed by atoms with Crippen LogP contribution in [-0.4, -0.2) is 36.6 Å². The van der Waals surface area contributed by atoms with E-state index in [1.807, 2.05) is 4.90 Å². The van der Waals surface area contributed by atoms with Gasteiger partial charge >= 0.3 is 0 Å². The van der Waals surface area contributed by atoms with Crippen molar-refractivity contribution in [2.45, 2.75) is 45.4 Å². The van der Waals surface area contributed by atoms with E-state index in [0.717, 1.165) is 32.4 Å². The molecular formula is C17H24N2O2. The van der Waals surface area contributed by atoms with Gasteiger partial charge in [-0.1, -0.05) is 23.8 Å². The number of ether oxygens (including phenoxy) is 1. The van der Waals surface area contributed by atoms with Crippen molar-refractivity contribution in [1.82, 2.24) is 10.2 Å². The molecule has 2 aliphatic rings. The summed E-state index contributed by atoms with van der Waals surface area (Å²) in [5.74, 6) is 0.193. The highest BCUT2D eigenvalue weighted by Crippen LogP contribution is 2.27. The Hall–Kier alpha value is -1.39. The summed E-state index contributed by atoms with van der Waals surface area (Å²) in [6, 6.07) is 6.43. The molecule has 2 unspecified atom stereocenters. The Kier molecular flexibility index (Phi) is 4.27. The Bertz CT molecular complexity index is 524. The number of nitrogens with zero attached hydrogens (tertiary/aromatic N) is 1. The second-order valence-corrected chi connectivity index (χ2v) is 6.15. The van der Waals surface area contributed by atoms with Gasteiger partial charge in [-0.25, -0.2) is 0 Å². The van der Waals surface area contributed by atoms with E-state index in [4.69, 9.17) is 4.74 Å². The van der Waals surface area contributed by atoms with E-state index in [-0.39, 0.29) is 12.1 Å². The Labute approximate surface area is 126 Å². The van der Waals surface area contributed by atoms with Crippen LogP contribution in [-0.2, 0) is 9.53 Å². The first-order valence-corrected chi connectivity index (χ1v) is 7.87. The molecule has 1 N–H and O–H groups in total. The molecule has 3 rings (SSSR count). The van der Waals surface area contributed by atoms with Crippen molar-refractivity contribution in [1.29, 1.82) is 0 Å². The molecule has 114 valence electrons. The minimum atomic E-state index is 0.0134. The maximum atomic E-state index is 12.2. The van der Waals surface area contributed by atoms with E-state index < -0.39 is 0 Å². The number of carbonyl (C=O) groups is 1. The fourth-order valence-corrected chi connectivity index (χ4v) is 3.36. The van der Waals surface area contributed by atoms with E-state index in [1.165, 1.54) is 16.7 Å². The van der Waals surface area contributed by atoms with Gasteiger partial charge in [-0.05, 0) is 44.2 Å². The third-order valence-corrected chi connectivity index (χ3v) is 4.51. The zero-order chi connectivity index (χ0) is 14.8. The van der Waals surface area contributed by atoms with Crippen LogP contribution in [0, 0.1) is 13.8 Å². The molecule has 2 fully saturated rings. The number of rotatable bonds is 4. The standard InChI is InChI=1S/C17H24N2O2/c1-12-5-6-15(13(2)10-12)17-18-11-16(20)19(17)8-7-14-4-3-9-21-14/h5-6,10,14,17-18H,3-4,7-9,11H2,1-2H3. The molecule has 0 aromatic heterocycles. The van der Waals surface area contributed by atoms with Gasteiger partial charge in [-0.3, -0.25) is 10.1 Å². The van der Waals surface area contributed by atoms with Crippen molar-refractivity contribution in [3.63, 3.8) is 0 Å². The number of benzene rings is 1. The fourth-order valence-electron chi connectivity index (χ4n) is 3.36. The Morgan fingerprint density at radius 2 is 2.24 bits per heavy atom. The lowest BCUT2D eigenvalue weighted by Gasteiger charge is -2.27. The molecule has 0 spiro atoms. The lowest BCUT2D eigenvalue weighted by Crippen LogP contribution is -2.33. The lowest BCUT2D eigenvalue weighted by molar-refractivity contribution is -0.128. The highest BCUT2D eigenvalue weighted by molar-refractivity contribution is 5.81. The van der Waals surface area contributed by atoms with Crippen LogP contribution in [0.2, 0.25) is 0 Å².